The van der Waals surface area contributed by atoms with Crippen LogP contribution in [0.4, 0.5) is 8.78 Å². The molecule has 1 saturated heterocycles. The van der Waals surface area contributed by atoms with Crippen LogP contribution in [0, 0.1) is 11.6 Å². The third kappa shape index (κ3) is 4.92. The minimum atomic E-state index is -0.882. The minimum absolute atomic E-state index is 0.338. The van der Waals surface area contributed by atoms with Crippen LogP contribution in [0.2, 0.25) is 0 Å². The predicted molar refractivity (Wildman–Crippen MR) is 113 cm³/mol. The van der Waals surface area contributed by atoms with E-state index in [4.69, 9.17) is 0 Å². The topological polar surface area (TPSA) is 61.7 Å². The van der Waals surface area contributed by atoms with Gasteiger partial charge in [0, 0.05) is 58.7 Å². The normalized spacial score (nSPS) is 15.1. The Balaban J connectivity index is 1.82. The highest BCUT2D eigenvalue weighted by Gasteiger charge is 2.31. The molecule has 1 fully saturated rings. The number of amides is 2. The van der Waals surface area contributed by atoms with Gasteiger partial charge in [0.25, 0.3) is 11.8 Å². The van der Waals surface area contributed by atoms with E-state index >= 15 is 0 Å². The molecule has 0 unspecified atom stereocenters. The maximum absolute atomic E-state index is 14.7. The lowest BCUT2D eigenvalue weighted by Crippen LogP contribution is -2.38. The van der Waals surface area contributed by atoms with Gasteiger partial charge in [-0.05, 0) is 32.4 Å². The first kappa shape index (κ1) is 22.9. The van der Waals surface area contributed by atoms with E-state index < -0.39 is 34.6 Å². The van der Waals surface area contributed by atoms with Gasteiger partial charge in [-0.15, -0.1) is 0 Å². The molecule has 0 atom stereocenters. The zero-order valence-electron chi connectivity index (χ0n) is 18.3. The second kappa shape index (κ2) is 10.00. The summed E-state index contributed by atoms with van der Waals surface area (Å²) in [5.74, 6) is -2.16. The van der Waals surface area contributed by atoms with Gasteiger partial charge in [0.15, 0.2) is 0 Å². The van der Waals surface area contributed by atoms with Crippen LogP contribution < -0.4 is 0 Å². The number of hydrogen-bond donors (Lipinski definition) is 0. The Bertz CT molecular complexity index is 942. The lowest BCUT2D eigenvalue weighted by Gasteiger charge is -2.25. The van der Waals surface area contributed by atoms with Crippen LogP contribution in [0.15, 0.2) is 24.5 Å². The number of nitrogens with zero attached hydrogens (tertiary/aromatic N) is 5. The van der Waals surface area contributed by atoms with Crippen molar-refractivity contribution in [1.29, 1.82) is 0 Å². The van der Waals surface area contributed by atoms with E-state index in [9.17, 15) is 18.4 Å². The van der Waals surface area contributed by atoms with Gasteiger partial charge in [0.1, 0.15) is 17.5 Å². The number of halogens is 2. The molecule has 168 valence electrons. The summed E-state index contributed by atoms with van der Waals surface area (Å²) >= 11 is 0. The van der Waals surface area contributed by atoms with Crippen LogP contribution in [-0.4, -0.2) is 75.3 Å². The summed E-state index contributed by atoms with van der Waals surface area (Å²) in [4.78, 5) is 35.5. The Morgan fingerprint density at radius 3 is 2.32 bits per heavy atom. The fraction of sp³-hybridized carbons (Fsp3) is 0.500. The van der Waals surface area contributed by atoms with E-state index in [1.807, 2.05) is 17.8 Å². The molecule has 1 aromatic heterocycles. The molecule has 0 saturated carbocycles. The number of rotatable bonds is 6. The van der Waals surface area contributed by atoms with Crippen LogP contribution in [0.5, 0.6) is 0 Å². The van der Waals surface area contributed by atoms with Gasteiger partial charge in [-0.3, -0.25) is 14.5 Å². The Kier molecular flexibility index (Phi) is 7.37. The van der Waals surface area contributed by atoms with E-state index in [2.05, 4.69) is 9.88 Å². The average Bonchev–Trinajstić information content (AvgIpc) is 3.01. The number of carbonyl (C=O) groups is 2. The Morgan fingerprint density at radius 1 is 1.03 bits per heavy atom. The van der Waals surface area contributed by atoms with Gasteiger partial charge in [-0.25, -0.2) is 13.8 Å². The quantitative estimate of drug-likeness (QED) is 0.703. The number of aromatic nitrogens is 2. The SMILES string of the molecule is CCN(CC)C(=O)c1c(F)ccc(F)c1C(=O)N1CCCN(Cc2nccn2C)CC1. The molecule has 1 aromatic carbocycles. The summed E-state index contributed by atoms with van der Waals surface area (Å²) in [6, 6.07) is 1.81. The molecule has 2 amide bonds. The smallest absolute Gasteiger partial charge is 0.257 e. The molecule has 7 nitrogen and oxygen atoms in total. The lowest BCUT2D eigenvalue weighted by atomic mass is 10.0. The summed E-state index contributed by atoms with van der Waals surface area (Å²) in [7, 11) is 1.93. The first-order valence-corrected chi connectivity index (χ1v) is 10.6. The Morgan fingerprint density at radius 2 is 1.71 bits per heavy atom. The molecule has 0 radical (unpaired) electrons. The molecule has 3 rings (SSSR count). The Labute approximate surface area is 181 Å². The molecule has 0 N–H and O–H groups in total. The highest BCUT2D eigenvalue weighted by atomic mass is 19.1. The van der Waals surface area contributed by atoms with E-state index in [0.29, 0.717) is 45.7 Å². The Hall–Kier alpha value is -2.81. The molecule has 1 aliphatic heterocycles. The lowest BCUT2D eigenvalue weighted by molar-refractivity contribution is 0.0719. The molecule has 0 aliphatic carbocycles. The molecular weight excluding hydrogens is 404 g/mol. The first-order valence-electron chi connectivity index (χ1n) is 10.6. The molecule has 1 aliphatic rings. The zero-order valence-corrected chi connectivity index (χ0v) is 18.3. The van der Waals surface area contributed by atoms with E-state index in [1.165, 1.54) is 9.80 Å². The third-order valence-electron chi connectivity index (χ3n) is 5.74. The second-order valence-electron chi connectivity index (χ2n) is 7.63. The van der Waals surface area contributed by atoms with Crippen molar-refractivity contribution in [2.24, 2.45) is 7.05 Å². The largest absolute Gasteiger partial charge is 0.339 e. The van der Waals surface area contributed by atoms with Crippen molar-refractivity contribution in [3.05, 3.63) is 53.1 Å². The van der Waals surface area contributed by atoms with E-state index in [0.717, 1.165) is 24.5 Å². The van der Waals surface area contributed by atoms with Gasteiger partial charge in [0.05, 0.1) is 17.7 Å². The van der Waals surface area contributed by atoms with Crippen molar-refractivity contribution in [3.8, 4) is 0 Å². The molecule has 2 aromatic rings. The molecular formula is C22H29F2N5O2. The predicted octanol–water partition coefficient (Wildman–Crippen LogP) is 2.53. The summed E-state index contributed by atoms with van der Waals surface area (Å²) in [6.07, 6.45) is 4.31. The van der Waals surface area contributed by atoms with Gasteiger partial charge < -0.3 is 14.4 Å². The highest BCUT2D eigenvalue weighted by molar-refractivity contribution is 6.07. The van der Waals surface area contributed by atoms with Crippen molar-refractivity contribution >= 4 is 11.8 Å². The first-order chi connectivity index (χ1) is 14.9. The highest BCUT2D eigenvalue weighted by Crippen LogP contribution is 2.22. The van der Waals surface area contributed by atoms with Crippen LogP contribution in [0.25, 0.3) is 0 Å². The number of aryl methyl sites for hydroxylation is 1. The van der Waals surface area contributed by atoms with E-state index in [-0.39, 0.29) is 0 Å². The van der Waals surface area contributed by atoms with Crippen LogP contribution in [0.3, 0.4) is 0 Å². The number of hydrogen-bond acceptors (Lipinski definition) is 4. The monoisotopic (exact) mass is 433 g/mol. The van der Waals surface area contributed by atoms with Gasteiger partial charge in [-0.1, -0.05) is 0 Å². The van der Waals surface area contributed by atoms with Crippen molar-refractivity contribution < 1.29 is 18.4 Å². The summed E-state index contributed by atoms with van der Waals surface area (Å²) in [5, 5.41) is 0. The minimum Gasteiger partial charge on any atom is -0.339 e. The van der Waals surface area contributed by atoms with Crippen LogP contribution in [-0.2, 0) is 13.6 Å². The number of benzene rings is 1. The van der Waals surface area contributed by atoms with Gasteiger partial charge in [0.2, 0.25) is 0 Å². The van der Waals surface area contributed by atoms with Gasteiger partial charge in [-0.2, -0.15) is 0 Å². The maximum atomic E-state index is 14.7. The zero-order chi connectivity index (χ0) is 22.5. The van der Waals surface area contributed by atoms with Crippen molar-refractivity contribution in [2.75, 3.05) is 39.3 Å². The summed E-state index contributed by atoms with van der Waals surface area (Å²) < 4.78 is 31.3. The number of imidazole rings is 1. The summed E-state index contributed by atoms with van der Waals surface area (Å²) in [5.41, 5.74) is -0.961. The average molecular weight is 434 g/mol. The second-order valence-corrected chi connectivity index (χ2v) is 7.63. The van der Waals surface area contributed by atoms with Crippen molar-refractivity contribution in [3.63, 3.8) is 0 Å². The van der Waals surface area contributed by atoms with Crippen LogP contribution in [0.1, 0.15) is 46.8 Å². The molecule has 0 spiro atoms. The van der Waals surface area contributed by atoms with Crippen molar-refractivity contribution in [1.82, 2.24) is 24.3 Å². The van der Waals surface area contributed by atoms with E-state index in [1.54, 1.807) is 20.0 Å². The molecule has 9 heteroatoms. The van der Waals surface area contributed by atoms with Crippen LogP contribution >= 0.6 is 0 Å². The van der Waals surface area contributed by atoms with Gasteiger partial charge >= 0.3 is 0 Å². The van der Waals surface area contributed by atoms with Crippen molar-refractivity contribution in [2.45, 2.75) is 26.8 Å². The number of carbonyl (C=O) groups excluding carboxylic acids is 2. The maximum Gasteiger partial charge on any atom is 0.257 e. The fourth-order valence-corrected chi connectivity index (χ4v) is 3.88. The standard InChI is InChI=1S/C22H29F2N5O2/c1-4-28(5-2)21(30)19-16(23)7-8-17(24)20(19)22(31)29-11-6-10-27(13-14-29)15-18-25-9-12-26(18)3/h7-9,12H,4-6,10-11,13-15H2,1-3H3. The summed E-state index contributed by atoms with van der Waals surface area (Å²) in [6.45, 7) is 6.93. The third-order valence-corrected chi connectivity index (χ3v) is 5.74. The molecule has 2 heterocycles. The fourth-order valence-electron chi connectivity index (χ4n) is 3.88. The molecule has 31 heavy (non-hydrogen) atoms. The molecule has 0 bridgehead atoms.